The smallest absolute Gasteiger partial charge is 0.280 e. The van der Waals surface area contributed by atoms with Crippen molar-refractivity contribution in [3.8, 4) is 0 Å². The number of para-hydroxylation sites is 1. The van der Waals surface area contributed by atoms with Gasteiger partial charge in [0, 0.05) is 17.2 Å². The molecule has 1 aliphatic heterocycles. The quantitative estimate of drug-likeness (QED) is 0.914. The van der Waals surface area contributed by atoms with Crippen LogP contribution in [0.3, 0.4) is 0 Å². The number of nitrogens with two attached hydrogens (primary N) is 1. The van der Waals surface area contributed by atoms with E-state index in [0.29, 0.717) is 17.9 Å². The second-order valence-electron chi connectivity index (χ2n) is 4.99. The number of amides is 1. The number of rotatable bonds is 3. The highest BCUT2D eigenvalue weighted by Crippen LogP contribution is 2.35. The summed E-state index contributed by atoms with van der Waals surface area (Å²) in [5.74, 6) is 0.758. The van der Waals surface area contributed by atoms with Crippen molar-refractivity contribution in [1.82, 2.24) is 10.2 Å². The number of anilines is 2. The van der Waals surface area contributed by atoms with Crippen LogP contribution in [0.15, 0.2) is 29.2 Å². The topological polar surface area (TPSA) is 75.0 Å². The molecule has 5 nitrogen and oxygen atoms in total. The molecule has 0 fully saturated rings. The maximum Gasteiger partial charge on any atom is 0.280 e. The van der Waals surface area contributed by atoms with Gasteiger partial charge in [0.15, 0.2) is 5.69 Å². The van der Waals surface area contributed by atoms with Crippen molar-refractivity contribution in [2.75, 3.05) is 22.9 Å². The van der Waals surface area contributed by atoms with Gasteiger partial charge in [0.2, 0.25) is 0 Å². The van der Waals surface area contributed by atoms with Gasteiger partial charge in [0.05, 0.1) is 17.1 Å². The number of nitrogens with one attached hydrogen (secondary N) is 1. The summed E-state index contributed by atoms with van der Waals surface area (Å²) < 4.78 is 0. The van der Waals surface area contributed by atoms with Crippen molar-refractivity contribution < 1.29 is 4.79 Å². The fourth-order valence-electron chi connectivity index (χ4n) is 2.50. The first kappa shape index (κ1) is 14.0. The summed E-state index contributed by atoms with van der Waals surface area (Å²) in [4.78, 5) is 15.7. The number of aryl methyl sites for hydroxylation is 1. The molecule has 2 heterocycles. The minimum Gasteiger partial charge on any atom is -0.395 e. The number of carbonyl (C=O) groups excluding carboxylic acids is 1. The Morgan fingerprint density at radius 1 is 1.48 bits per heavy atom. The van der Waals surface area contributed by atoms with Gasteiger partial charge in [0.1, 0.15) is 0 Å². The molecule has 0 saturated heterocycles. The van der Waals surface area contributed by atoms with E-state index in [-0.39, 0.29) is 5.91 Å². The van der Waals surface area contributed by atoms with Crippen LogP contribution in [-0.4, -0.2) is 28.4 Å². The molecule has 1 aliphatic rings. The Labute approximate surface area is 127 Å². The third-order valence-electron chi connectivity index (χ3n) is 3.56. The van der Waals surface area contributed by atoms with Gasteiger partial charge in [-0.2, -0.15) is 5.10 Å². The summed E-state index contributed by atoms with van der Waals surface area (Å²) >= 11 is 1.77. The molecule has 0 unspecified atom stereocenters. The monoisotopic (exact) mass is 302 g/mol. The van der Waals surface area contributed by atoms with E-state index in [0.717, 1.165) is 34.9 Å². The average molecular weight is 302 g/mol. The Morgan fingerprint density at radius 3 is 3.10 bits per heavy atom. The number of benzene rings is 1. The summed E-state index contributed by atoms with van der Waals surface area (Å²) in [5, 5.41) is 7.03. The highest BCUT2D eigenvalue weighted by molar-refractivity contribution is 7.99. The minimum absolute atomic E-state index is 0.126. The van der Waals surface area contributed by atoms with Gasteiger partial charge in [-0.3, -0.25) is 9.89 Å². The first-order valence-corrected chi connectivity index (χ1v) is 8.07. The van der Waals surface area contributed by atoms with Gasteiger partial charge in [-0.05, 0) is 18.6 Å². The van der Waals surface area contributed by atoms with E-state index >= 15 is 0 Å². The number of nitrogens with zero attached hydrogens (tertiary/aromatic N) is 2. The first-order chi connectivity index (χ1) is 10.2. The lowest BCUT2D eigenvalue weighted by atomic mass is 10.2. The number of carbonyl (C=O) groups is 1. The minimum atomic E-state index is -0.126. The molecule has 1 aromatic carbocycles. The maximum absolute atomic E-state index is 12.8. The second kappa shape index (κ2) is 5.81. The maximum atomic E-state index is 12.8. The largest absolute Gasteiger partial charge is 0.395 e. The third-order valence-corrected chi connectivity index (χ3v) is 4.60. The number of nitrogen functional groups attached to an aromatic ring is 1. The van der Waals surface area contributed by atoms with Gasteiger partial charge in [-0.15, -0.1) is 11.8 Å². The van der Waals surface area contributed by atoms with Crippen molar-refractivity contribution in [3.05, 3.63) is 35.7 Å². The average Bonchev–Trinajstić information content (AvgIpc) is 2.88. The van der Waals surface area contributed by atoms with Crippen molar-refractivity contribution in [1.29, 1.82) is 0 Å². The van der Waals surface area contributed by atoms with Crippen LogP contribution < -0.4 is 10.6 Å². The van der Waals surface area contributed by atoms with Gasteiger partial charge >= 0.3 is 0 Å². The van der Waals surface area contributed by atoms with E-state index in [4.69, 9.17) is 5.73 Å². The van der Waals surface area contributed by atoms with Crippen LogP contribution >= 0.6 is 11.8 Å². The van der Waals surface area contributed by atoms with Gasteiger partial charge in [-0.1, -0.05) is 25.5 Å². The normalized spacial score (nSPS) is 14.0. The number of aromatic nitrogens is 2. The van der Waals surface area contributed by atoms with Crippen molar-refractivity contribution in [3.63, 3.8) is 0 Å². The number of aromatic amines is 1. The lowest BCUT2D eigenvalue weighted by molar-refractivity contribution is 0.0983. The van der Waals surface area contributed by atoms with E-state index in [2.05, 4.69) is 17.1 Å². The molecular weight excluding hydrogens is 284 g/mol. The number of H-pyrrole nitrogens is 1. The van der Waals surface area contributed by atoms with Crippen LogP contribution in [0, 0.1) is 0 Å². The second-order valence-corrected chi connectivity index (χ2v) is 6.12. The van der Waals surface area contributed by atoms with Crippen LogP contribution in [0.4, 0.5) is 11.4 Å². The predicted octanol–water partition coefficient (Wildman–Crippen LogP) is 2.70. The SMILES string of the molecule is CCCc1[nH]nc(C(=O)N2CCSc3ccccc32)c1N. The lowest BCUT2D eigenvalue weighted by Crippen LogP contribution is -2.36. The molecule has 6 heteroatoms. The predicted molar refractivity (Wildman–Crippen MR) is 85.8 cm³/mol. The number of fused-ring (bicyclic) bond motifs is 1. The van der Waals surface area contributed by atoms with Crippen LogP contribution in [-0.2, 0) is 6.42 Å². The molecule has 21 heavy (non-hydrogen) atoms. The molecule has 0 atom stereocenters. The van der Waals surface area contributed by atoms with E-state index in [9.17, 15) is 4.79 Å². The molecule has 110 valence electrons. The third kappa shape index (κ3) is 2.51. The van der Waals surface area contributed by atoms with Crippen LogP contribution in [0.2, 0.25) is 0 Å². The summed E-state index contributed by atoms with van der Waals surface area (Å²) in [5.41, 5.74) is 8.68. The molecule has 0 aliphatic carbocycles. The van der Waals surface area contributed by atoms with Crippen LogP contribution in [0.1, 0.15) is 29.5 Å². The highest BCUT2D eigenvalue weighted by atomic mass is 32.2. The van der Waals surface area contributed by atoms with E-state index < -0.39 is 0 Å². The van der Waals surface area contributed by atoms with Crippen molar-refractivity contribution in [2.24, 2.45) is 0 Å². The molecule has 3 rings (SSSR count). The van der Waals surface area contributed by atoms with E-state index in [1.807, 2.05) is 24.3 Å². The van der Waals surface area contributed by atoms with E-state index in [1.54, 1.807) is 16.7 Å². The standard InChI is InChI=1S/C15H18N4OS/c1-2-5-10-13(16)14(18-17-10)15(20)19-8-9-21-12-7-4-3-6-11(12)19/h3-4,6-7H,2,5,8-9,16H2,1H3,(H,17,18). The highest BCUT2D eigenvalue weighted by Gasteiger charge is 2.27. The fraction of sp³-hybridized carbons (Fsp3) is 0.333. The molecule has 0 bridgehead atoms. The molecule has 1 aromatic heterocycles. The van der Waals surface area contributed by atoms with Gasteiger partial charge < -0.3 is 10.6 Å². The summed E-state index contributed by atoms with van der Waals surface area (Å²) in [6, 6.07) is 7.94. The van der Waals surface area contributed by atoms with Crippen molar-refractivity contribution >= 4 is 29.0 Å². The zero-order valence-electron chi connectivity index (χ0n) is 11.9. The number of hydrogen-bond acceptors (Lipinski definition) is 4. The fourth-order valence-corrected chi connectivity index (χ4v) is 3.49. The van der Waals surface area contributed by atoms with Crippen molar-refractivity contribution in [2.45, 2.75) is 24.7 Å². The first-order valence-electron chi connectivity index (χ1n) is 7.08. The van der Waals surface area contributed by atoms with Crippen LogP contribution in [0.5, 0.6) is 0 Å². The summed E-state index contributed by atoms with van der Waals surface area (Å²) in [6.45, 7) is 2.75. The molecular formula is C15H18N4OS. The molecule has 0 spiro atoms. The molecule has 2 aromatic rings. The zero-order chi connectivity index (χ0) is 14.8. The Balaban J connectivity index is 1.93. The number of thioether (sulfide) groups is 1. The Hall–Kier alpha value is -1.95. The summed E-state index contributed by atoms with van der Waals surface area (Å²) in [6.07, 6.45) is 1.77. The molecule has 0 saturated carbocycles. The Morgan fingerprint density at radius 2 is 2.29 bits per heavy atom. The zero-order valence-corrected chi connectivity index (χ0v) is 12.7. The molecule has 3 N–H and O–H groups in total. The van der Waals surface area contributed by atoms with Gasteiger partial charge in [0.25, 0.3) is 5.91 Å². The number of hydrogen-bond donors (Lipinski definition) is 2. The lowest BCUT2D eigenvalue weighted by Gasteiger charge is -2.28. The Bertz CT molecular complexity index is 667. The molecule has 0 radical (unpaired) electrons. The molecule has 1 amide bonds. The van der Waals surface area contributed by atoms with Gasteiger partial charge in [-0.25, -0.2) is 0 Å². The Kier molecular flexibility index (Phi) is 3.88. The van der Waals surface area contributed by atoms with Crippen LogP contribution in [0.25, 0.3) is 0 Å². The summed E-state index contributed by atoms with van der Waals surface area (Å²) in [7, 11) is 0. The van der Waals surface area contributed by atoms with E-state index in [1.165, 1.54) is 0 Å².